The van der Waals surface area contributed by atoms with Crippen LogP contribution in [-0.2, 0) is 4.79 Å². The van der Waals surface area contributed by atoms with Crippen LogP contribution in [-0.4, -0.2) is 30.3 Å². The number of aliphatic hydroxyl groups excluding tert-OH is 1. The molecule has 20 heavy (non-hydrogen) atoms. The van der Waals surface area contributed by atoms with Gasteiger partial charge in [-0.15, -0.1) is 0 Å². The van der Waals surface area contributed by atoms with Gasteiger partial charge < -0.3 is 15.2 Å². The minimum atomic E-state index is -0.202. The van der Waals surface area contributed by atoms with Crippen LogP contribution in [0, 0.1) is 0 Å². The van der Waals surface area contributed by atoms with Crippen LogP contribution in [0.4, 0.5) is 0 Å². The van der Waals surface area contributed by atoms with Crippen molar-refractivity contribution in [1.29, 1.82) is 0 Å². The van der Waals surface area contributed by atoms with Gasteiger partial charge >= 0.3 is 0 Å². The Morgan fingerprint density at radius 2 is 2.00 bits per heavy atom. The van der Waals surface area contributed by atoms with E-state index in [1.54, 1.807) is 13.2 Å². The highest BCUT2D eigenvalue weighted by Gasteiger charge is 2.19. The number of amides is 1. The molecule has 0 aliphatic heterocycles. The molecule has 0 saturated heterocycles. The summed E-state index contributed by atoms with van der Waals surface area (Å²) in [6.07, 6.45) is 6.30. The van der Waals surface area contributed by atoms with Gasteiger partial charge in [-0.05, 0) is 37.8 Å². The number of nitrogens with one attached hydrogen (secondary N) is 1. The highest BCUT2D eigenvalue weighted by atomic mass is 16.5. The molecule has 1 aromatic rings. The van der Waals surface area contributed by atoms with Crippen molar-refractivity contribution in [3.05, 3.63) is 35.9 Å². The molecule has 0 radical (unpaired) electrons. The van der Waals surface area contributed by atoms with Gasteiger partial charge in [0.2, 0.25) is 5.91 Å². The highest BCUT2D eigenvalue weighted by Crippen LogP contribution is 2.19. The largest absolute Gasteiger partial charge is 0.496 e. The van der Waals surface area contributed by atoms with Gasteiger partial charge in [-0.25, -0.2) is 0 Å². The molecule has 1 aliphatic carbocycles. The predicted octanol–water partition coefficient (Wildman–Crippen LogP) is 2.13. The van der Waals surface area contributed by atoms with Crippen molar-refractivity contribution in [2.24, 2.45) is 0 Å². The molecule has 1 fully saturated rings. The quantitative estimate of drug-likeness (QED) is 0.828. The molecule has 1 saturated carbocycles. The molecule has 2 rings (SSSR count). The standard InChI is InChI=1S/C16H21NO3/c1-20-15-5-3-2-4-12(15)6-11-16(19)17-13-7-9-14(18)10-8-13/h2-6,11,13-14,18H,7-10H2,1H3,(H,17,19). The molecular formula is C16H21NO3. The van der Waals surface area contributed by atoms with E-state index in [1.165, 1.54) is 6.08 Å². The Kier molecular flexibility index (Phi) is 5.18. The van der Waals surface area contributed by atoms with E-state index in [0.717, 1.165) is 37.0 Å². The number of rotatable bonds is 4. The van der Waals surface area contributed by atoms with E-state index in [4.69, 9.17) is 4.74 Å². The van der Waals surface area contributed by atoms with Crippen molar-refractivity contribution in [3.8, 4) is 5.75 Å². The summed E-state index contributed by atoms with van der Waals surface area (Å²) in [5, 5.41) is 12.4. The first kappa shape index (κ1) is 14.6. The maximum absolute atomic E-state index is 11.9. The number of para-hydroxylation sites is 1. The summed E-state index contributed by atoms with van der Waals surface area (Å²) in [5.41, 5.74) is 0.879. The monoisotopic (exact) mass is 275 g/mol. The molecule has 2 N–H and O–H groups in total. The number of benzene rings is 1. The van der Waals surface area contributed by atoms with Gasteiger partial charge in [-0.1, -0.05) is 18.2 Å². The number of hydrogen-bond acceptors (Lipinski definition) is 3. The van der Waals surface area contributed by atoms with Gasteiger partial charge in [0.15, 0.2) is 0 Å². The predicted molar refractivity (Wildman–Crippen MR) is 78.4 cm³/mol. The van der Waals surface area contributed by atoms with Crippen molar-refractivity contribution in [1.82, 2.24) is 5.32 Å². The maximum atomic E-state index is 11.9. The van der Waals surface area contributed by atoms with Crippen molar-refractivity contribution < 1.29 is 14.6 Å². The van der Waals surface area contributed by atoms with E-state index in [1.807, 2.05) is 24.3 Å². The Bertz CT molecular complexity index is 476. The van der Waals surface area contributed by atoms with E-state index < -0.39 is 0 Å². The molecule has 0 heterocycles. The molecule has 1 aromatic carbocycles. The van der Waals surface area contributed by atoms with Crippen LogP contribution < -0.4 is 10.1 Å². The second-order valence-corrected chi connectivity index (χ2v) is 5.09. The lowest BCUT2D eigenvalue weighted by molar-refractivity contribution is -0.117. The molecule has 108 valence electrons. The average Bonchev–Trinajstić information content (AvgIpc) is 2.48. The normalized spacial score (nSPS) is 22.7. The van der Waals surface area contributed by atoms with Crippen LogP contribution in [0.3, 0.4) is 0 Å². The van der Waals surface area contributed by atoms with Gasteiger partial charge in [-0.2, -0.15) is 0 Å². The molecule has 4 heteroatoms. The summed E-state index contributed by atoms with van der Waals surface area (Å²) >= 11 is 0. The summed E-state index contributed by atoms with van der Waals surface area (Å²) in [5.74, 6) is 0.648. The average molecular weight is 275 g/mol. The molecule has 1 amide bonds. The van der Waals surface area contributed by atoms with Gasteiger partial charge in [0.05, 0.1) is 13.2 Å². The van der Waals surface area contributed by atoms with Gasteiger partial charge in [0.25, 0.3) is 0 Å². The number of methoxy groups -OCH3 is 1. The van der Waals surface area contributed by atoms with E-state index in [0.29, 0.717) is 0 Å². The summed E-state index contributed by atoms with van der Waals surface area (Å²) in [6, 6.07) is 7.74. The molecule has 0 atom stereocenters. The highest BCUT2D eigenvalue weighted by molar-refractivity contribution is 5.92. The first-order valence-electron chi connectivity index (χ1n) is 6.98. The zero-order valence-electron chi connectivity index (χ0n) is 11.7. The van der Waals surface area contributed by atoms with Crippen LogP contribution in [0.1, 0.15) is 31.2 Å². The van der Waals surface area contributed by atoms with Gasteiger partial charge in [0.1, 0.15) is 5.75 Å². The first-order valence-corrected chi connectivity index (χ1v) is 6.98. The lowest BCUT2D eigenvalue weighted by Gasteiger charge is -2.25. The lowest BCUT2D eigenvalue weighted by atomic mass is 9.93. The van der Waals surface area contributed by atoms with Crippen molar-refractivity contribution >= 4 is 12.0 Å². The number of carbonyl (C=O) groups excluding carboxylic acids is 1. The third-order valence-corrected chi connectivity index (χ3v) is 3.60. The lowest BCUT2D eigenvalue weighted by Crippen LogP contribution is -2.37. The summed E-state index contributed by atoms with van der Waals surface area (Å²) < 4.78 is 5.23. The number of ether oxygens (including phenoxy) is 1. The van der Waals surface area contributed by atoms with Crippen LogP contribution in [0.5, 0.6) is 5.75 Å². The van der Waals surface area contributed by atoms with E-state index in [-0.39, 0.29) is 18.1 Å². The fraction of sp³-hybridized carbons (Fsp3) is 0.438. The second kappa shape index (κ2) is 7.10. The van der Waals surface area contributed by atoms with E-state index >= 15 is 0 Å². The Morgan fingerprint density at radius 3 is 2.70 bits per heavy atom. The molecule has 0 spiro atoms. The van der Waals surface area contributed by atoms with Gasteiger partial charge in [0, 0.05) is 17.7 Å². The summed E-state index contributed by atoms with van der Waals surface area (Å²) in [6.45, 7) is 0. The summed E-state index contributed by atoms with van der Waals surface area (Å²) in [4.78, 5) is 11.9. The fourth-order valence-corrected chi connectivity index (χ4v) is 2.44. The van der Waals surface area contributed by atoms with Crippen molar-refractivity contribution in [2.75, 3.05) is 7.11 Å². The smallest absolute Gasteiger partial charge is 0.244 e. The molecule has 0 unspecified atom stereocenters. The summed E-state index contributed by atoms with van der Waals surface area (Å²) in [7, 11) is 1.61. The number of aliphatic hydroxyl groups is 1. The fourth-order valence-electron chi connectivity index (χ4n) is 2.44. The van der Waals surface area contributed by atoms with E-state index in [2.05, 4.69) is 5.32 Å². The van der Waals surface area contributed by atoms with Gasteiger partial charge in [-0.3, -0.25) is 4.79 Å². The Balaban J connectivity index is 1.89. The third kappa shape index (κ3) is 4.10. The SMILES string of the molecule is COc1ccccc1C=CC(=O)NC1CCC(O)CC1. The molecule has 0 bridgehead atoms. The zero-order valence-corrected chi connectivity index (χ0v) is 11.7. The number of carbonyl (C=O) groups is 1. The molecular weight excluding hydrogens is 254 g/mol. The van der Waals surface area contributed by atoms with Crippen LogP contribution in [0.15, 0.2) is 30.3 Å². The molecule has 0 aromatic heterocycles. The van der Waals surface area contributed by atoms with Crippen molar-refractivity contribution in [3.63, 3.8) is 0 Å². The maximum Gasteiger partial charge on any atom is 0.244 e. The molecule has 4 nitrogen and oxygen atoms in total. The Morgan fingerprint density at radius 1 is 1.30 bits per heavy atom. The van der Waals surface area contributed by atoms with Crippen LogP contribution >= 0.6 is 0 Å². The number of hydrogen-bond donors (Lipinski definition) is 2. The van der Waals surface area contributed by atoms with Crippen molar-refractivity contribution in [2.45, 2.75) is 37.8 Å². The topological polar surface area (TPSA) is 58.6 Å². The Labute approximate surface area is 119 Å². The zero-order chi connectivity index (χ0) is 14.4. The van der Waals surface area contributed by atoms with E-state index in [9.17, 15) is 9.90 Å². The minimum Gasteiger partial charge on any atom is -0.496 e. The van der Waals surface area contributed by atoms with Crippen LogP contribution in [0.25, 0.3) is 6.08 Å². The Hall–Kier alpha value is -1.81. The first-order chi connectivity index (χ1) is 9.69. The molecule has 1 aliphatic rings. The second-order valence-electron chi connectivity index (χ2n) is 5.09. The van der Waals surface area contributed by atoms with Crippen LogP contribution in [0.2, 0.25) is 0 Å². The minimum absolute atomic E-state index is 0.0997. The third-order valence-electron chi connectivity index (χ3n) is 3.60.